The summed E-state index contributed by atoms with van der Waals surface area (Å²) in [4.78, 5) is 0. The van der Waals surface area contributed by atoms with Gasteiger partial charge in [0.2, 0.25) is 16.9 Å². The Balaban J connectivity index is 2.82. The molecule has 0 N–H and O–H groups in total. The first-order valence-electron chi connectivity index (χ1n) is 5.14. The van der Waals surface area contributed by atoms with Gasteiger partial charge in [-0.05, 0) is 18.6 Å². The van der Waals surface area contributed by atoms with Gasteiger partial charge in [-0.2, -0.15) is 12.6 Å². The summed E-state index contributed by atoms with van der Waals surface area (Å²) in [6.45, 7) is 0.936. The Morgan fingerprint density at radius 2 is 2.00 bits per heavy atom. The van der Waals surface area contributed by atoms with Crippen LogP contribution in [-0.2, 0) is 9.13 Å². The minimum atomic E-state index is -0.618. The standard InChI is InChI=1S/C9H17NO2P2S/c1-10(2)7-8(4-6-15)3-5-9(10,13-11)14-12/h8H,3-7H2,1-2H3/p+1. The Kier molecular flexibility index (Phi) is 4.73. The molecule has 0 saturated carbocycles. The van der Waals surface area contributed by atoms with Gasteiger partial charge < -0.3 is 4.48 Å². The van der Waals surface area contributed by atoms with Crippen molar-refractivity contribution in [2.75, 3.05) is 26.4 Å². The van der Waals surface area contributed by atoms with Crippen molar-refractivity contribution in [2.24, 2.45) is 5.92 Å². The average Bonchev–Trinajstić information content (AvgIpc) is 2.18. The normalized spacial score (nSPS) is 35.8. The number of piperidine rings is 1. The van der Waals surface area contributed by atoms with Gasteiger partial charge >= 0.3 is 0 Å². The van der Waals surface area contributed by atoms with Crippen molar-refractivity contribution in [3.8, 4) is 0 Å². The zero-order valence-corrected chi connectivity index (χ0v) is 11.9. The number of hydrogen-bond donors (Lipinski definition) is 1. The van der Waals surface area contributed by atoms with Gasteiger partial charge in [0.05, 0.1) is 20.6 Å². The van der Waals surface area contributed by atoms with Gasteiger partial charge in [-0.15, -0.1) is 0 Å². The number of quaternary nitrogens is 1. The molecule has 0 amide bonds. The van der Waals surface area contributed by atoms with Crippen molar-refractivity contribution in [2.45, 2.75) is 24.3 Å². The van der Waals surface area contributed by atoms with Crippen molar-refractivity contribution >= 4 is 29.5 Å². The predicted molar refractivity (Wildman–Crippen MR) is 66.1 cm³/mol. The fourth-order valence-corrected chi connectivity index (χ4v) is 3.88. The topological polar surface area (TPSA) is 34.1 Å². The number of nitrogens with zero attached hydrogens (tertiary/aromatic N) is 1. The molecule has 0 aromatic heterocycles. The summed E-state index contributed by atoms with van der Waals surface area (Å²) in [5, 5.41) is -0.618. The van der Waals surface area contributed by atoms with E-state index in [2.05, 4.69) is 12.6 Å². The van der Waals surface area contributed by atoms with Gasteiger partial charge in [0.1, 0.15) is 0 Å². The van der Waals surface area contributed by atoms with Crippen LogP contribution >= 0.6 is 29.5 Å². The third kappa shape index (κ3) is 2.61. The molecule has 1 unspecified atom stereocenters. The van der Waals surface area contributed by atoms with E-state index in [4.69, 9.17) is 0 Å². The van der Waals surface area contributed by atoms with Crippen LogP contribution in [0, 0.1) is 5.92 Å². The second-order valence-corrected chi connectivity index (χ2v) is 7.39. The van der Waals surface area contributed by atoms with Crippen LogP contribution in [0.4, 0.5) is 0 Å². The summed E-state index contributed by atoms with van der Waals surface area (Å²) in [6, 6.07) is 0. The summed E-state index contributed by atoms with van der Waals surface area (Å²) >= 11 is 4.24. The fraction of sp³-hybridized carbons (Fsp3) is 1.00. The molecule has 1 aliphatic rings. The van der Waals surface area contributed by atoms with Gasteiger partial charge in [0.15, 0.2) is 0 Å². The summed E-state index contributed by atoms with van der Waals surface area (Å²) < 4.78 is 23.1. The molecular weight excluding hydrogens is 248 g/mol. The Morgan fingerprint density at radius 1 is 1.40 bits per heavy atom. The van der Waals surface area contributed by atoms with Crippen molar-refractivity contribution < 1.29 is 13.6 Å². The fourth-order valence-electron chi connectivity index (χ4n) is 2.33. The van der Waals surface area contributed by atoms with Gasteiger partial charge in [-0.1, -0.05) is 0 Å². The van der Waals surface area contributed by atoms with Crippen LogP contribution in [0.3, 0.4) is 0 Å². The molecule has 0 aromatic carbocycles. The van der Waals surface area contributed by atoms with Crippen LogP contribution in [0.15, 0.2) is 0 Å². The number of likely N-dealkylation sites (tertiary alicyclic amines) is 1. The average molecular weight is 266 g/mol. The summed E-state index contributed by atoms with van der Waals surface area (Å²) in [5.74, 6) is 1.51. The Morgan fingerprint density at radius 3 is 2.40 bits per heavy atom. The summed E-state index contributed by atoms with van der Waals surface area (Å²) in [5.41, 5.74) is 0. The molecule has 0 aromatic rings. The maximum absolute atomic E-state index is 11.3. The first-order chi connectivity index (χ1) is 7.01. The molecule has 86 valence electrons. The maximum atomic E-state index is 11.3. The SMILES string of the molecule is C[N+]1(C)CC(CCS)CCC1(P=O)P=O. The highest BCUT2D eigenvalue weighted by Crippen LogP contribution is 2.50. The highest BCUT2D eigenvalue weighted by Gasteiger charge is 2.52. The van der Waals surface area contributed by atoms with Gasteiger partial charge in [-0.3, -0.25) is 9.13 Å². The minimum absolute atomic E-state index is 0.00138. The van der Waals surface area contributed by atoms with E-state index in [1.54, 1.807) is 0 Å². The van der Waals surface area contributed by atoms with E-state index in [0.29, 0.717) is 10.4 Å². The monoisotopic (exact) mass is 266 g/mol. The van der Waals surface area contributed by atoms with Crippen LogP contribution in [0.1, 0.15) is 19.3 Å². The lowest BCUT2D eigenvalue weighted by Crippen LogP contribution is -2.58. The van der Waals surface area contributed by atoms with Crippen LogP contribution in [0.25, 0.3) is 0 Å². The quantitative estimate of drug-likeness (QED) is 0.482. The van der Waals surface area contributed by atoms with Gasteiger partial charge in [0, 0.05) is 12.3 Å². The maximum Gasteiger partial charge on any atom is 0.256 e. The molecule has 1 saturated heterocycles. The van der Waals surface area contributed by atoms with E-state index < -0.39 is 5.02 Å². The molecule has 0 spiro atoms. The molecule has 1 rings (SSSR count). The number of rotatable bonds is 4. The molecular formula is C9H18NO2P2S+. The molecule has 1 atom stereocenters. The van der Waals surface area contributed by atoms with E-state index in [0.717, 1.165) is 31.6 Å². The highest BCUT2D eigenvalue weighted by molar-refractivity contribution is 7.80. The van der Waals surface area contributed by atoms with Gasteiger partial charge in [0.25, 0.3) is 5.02 Å². The van der Waals surface area contributed by atoms with Crippen LogP contribution in [0.5, 0.6) is 0 Å². The lowest BCUT2D eigenvalue weighted by atomic mass is 9.94. The lowest BCUT2D eigenvalue weighted by molar-refractivity contribution is -0.919. The largest absolute Gasteiger partial charge is 0.304 e. The summed E-state index contributed by atoms with van der Waals surface area (Å²) in [6.07, 6.45) is 2.85. The second-order valence-electron chi connectivity index (χ2n) is 4.74. The highest BCUT2D eigenvalue weighted by atomic mass is 32.1. The van der Waals surface area contributed by atoms with E-state index in [1.165, 1.54) is 0 Å². The van der Waals surface area contributed by atoms with Crippen LogP contribution in [-0.4, -0.2) is 35.9 Å². The Bertz CT molecular complexity index is 252. The van der Waals surface area contributed by atoms with Gasteiger partial charge in [-0.25, -0.2) is 0 Å². The molecule has 6 heteroatoms. The summed E-state index contributed by atoms with van der Waals surface area (Å²) in [7, 11) is 4.03. The molecule has 15 heavy (non-hydrogen) atoms. The van der Waals surface area contributed by atoms with Crippen molar-refractivity contribution in [3.63, 3.8) is 0 Å². The van der Waals surface area contributed by atoms with E-state index in [1.807, 2.05) is 14.1 Å². The zero-order valence-electron chi connectivity index (χ0n) is 9.22. The smallest absolute Gasteiger partial charge is 0.256 e. The number of thiol groups is 1. The minimum Gasteiger partial charge on any atom is -0.304 e. The first-order valence-corrected chi connectivity index (χ1v) is 7.40. The van der Waals surface area contributed by atoms with E-state index >= 15 is 0 Å². The Hall–Kier alpha value is 0.510. The molecule has 3 nitrogen and oxygen atoms in total. The third-order valence-corrected chi connectivity index (χ3v) is 6.26. The molecule has 0 radical (unpaired) electrons. The molecule has 1 aliphatic heterocycles. The van der Waals surface area contributed by atoms with Crippen molar-refractivity contribution in [1.82, 2.24) is 0 Å². The van der Waals surface area contributed by atoms with Crippen molar-refractivity contribution in [1.29, 1.82) is 0 Å². The third-order valence-electron chi connectivity index (χ3n) is 3.40. The molecule has 1 heterocycles. The second kappa shape index (κ2) is 5.23. The van der Waals surface area contributed by atoms with Crippen LogP contribution in [0.2, 0.25) is 0 Å². The lowest BCUT2D eigenvalue weighted by Gasteiger charge is -2.46. The Labute approximate surface area is 100 Å². The zero-order chi connectivity index (χ0) is 11.5. The predicted octanol–water partition coefficient (Wildman–Crippen LogP) is 3.03. The van der Waals surface area contributed by atoms with E-state index in [9.17, 15) is 9.13 Å². The van der Waals surface area contributed by atoms with Crippen LogP contribution < -0.4 is 0 Å². The van der Waals surface area contributed by atoms with Crippen molar-refractivity contribution in [3.05, 3.63) is 0 Å². The molecule has 0 aliphatic carbocycles. The first kappa shape index (κ1) is 13.6. The molecule has 0 bridgehead atoms. The molecule has 1 fully saturated rings. The van der Waals surface area contributed by atoms with E-state index in [-0.39, 0.29) is 16.9 Å². The number of hydrogen-bond acceptors (Lipinski definition) is 3.